The molecule has 16 nitrogen and oxygen atoms in total. The minimum atomic E-state index is -1.62. The van der Waals surface area contributed by atoms with Crippen molar-refractivity contribution < 1.29 is 77.5 Å². The van der Waals surface area contributed by atoms with E-state index in [-0.39, 0.29) is 48.2 Å². The first-order chi connectivity index (χ1) is 31.5. The Labute approximate surface area is 384 Å². The summed E-state index contributed by atoms with van der Waals surface area (Å²) >= 11 is 0. The molecule has 8 rings (SSSR count). The number of carbonyl (C=O) groups is 4. The predicted octanol–water partition coefficient (Wildman–Crippen LogP) is 6.31. The van der Waals surface area contributed by atoms with Crippen LogP contribution in [0.25, 0.3) is 0 Å². The van der Waals surface area contributed by atoms with Crippen molar-refractivity contribution in [3.05, 3.63) is 76.8 Å². The number of aryl methyl sites for hydroxylation is 1. The maximum Gasteiger partial charge on any atom is 0.379 e. The van der Waals surface area contributed by atoms with Gasteiger partial charge in [-0.15, -0.1) is 0 Å². The van der Waals surface area contributed by atoms with E-state index in [0.29, 0.717) is 37.0 Å². The maximum absolute atomic E-state index is 14.8. The smallest absolute Gasteiger partial charge is 0.379 e. The molecular weight excluding hydrogens is 857 g/mol. The fourth-order valence-corrected chi connectivity index (χ4v) is 11.7. The third kappa shape index (κ3) is 8.84. The maximum atomic E-state index is 14.8. The fourth-order valence-electron chi connectivity index (χ4n) is 11.7. The molecule has 16 heteroatoms. The van der Waals surface area contributed by atoms with Crippen LogP contribution in [0.3, 0.4) is 0 Å². The Morgan fingerprint density at radius 3 is 2.39 bits per heavy atom. The number of allylic oxidation sites excluding steroid dienone is 2. The molecule has 7 aliphatic rings. The molecule has 3 aliphatic carbocycles. The number of fused-ring (bicyclic) bond motifs is 3. The van der Waals surface area contributed by atoms with Gasteiger partial charge in [0.2, 0.25) is 0 Å². The third-order valence-electron chi connectivity index (χ3n) is 15.3. The van der Waals surface area contributed by atoms with Crippen LogP contribution >= 0.6 is 0 Å². The van der Waals surface area contributed by atoms with E-state index < -0.39 is 114 Å². The van der Waals surface area contributed by atoms with Crippen LogP contribution < -0.4 is 4.74 Å². The average molecular weight is 921 g/mol. The predicted molar refractivity (Wildman–Crippen MR) is 233 cm³/mol. The van der Waals surface area contributed by atoms with Gasteiger partial charge in [-0.25, -0.2) is 14.4 Å². The van der Waals surface area contributed by atoms with Crippen molar-refractivity contribution in [2.24, 2.45) is 35.0 Å². The monoisotopic (exact) mass is 920 g/mol. The summed E-state index contributed by atoms with van der Waals surface area (Å²) in [7, 11) is 1.46. The zero-order valence-corrected chi connectivity index (χ0v) is 38.5. The number of aliphatic carboxylic acids is 1. The topological polar surface area (TPSA) is 223 Å². The number of rotatable bonds is 8. The van der Waals surface area contributed by atoms with Crippen LogP contribution in [0.1, 0.15) is 108 Å². The van der Waals surface area contributed by atoms with Gasteiger partial charge in [0.25, 0.3) is 5.76 Å². The third-order valence-corrected chi connectivity index (χ3v) is 15.3. The molecule has 4 N–H and O–H groups in total. The van der Waals surface area contributed by atoms with Crippen LogP contribution in [0, 0.1) is 41.9 Å². The summed E-state index contributed by atoms with van der Waals surface area (Å²) < 4.78 is 48.4. The highest BCUT2D eigenvalue weighted by Gasteiger charge is 2.60. The molecule has 0 amide bonds. The summed E-state index contributed by atoms with van der Waals surface area (Å²) in [6.07, 6.45) is 6.86. The van der Waals surface area contributed by atoms with Gasteiger partial charge in [0, 0.05) is 36.7 Å². The second-order valence-electron chi connectivity index (χ2n) is 19.4. The Kier molecular flexibility index (Phi) is 13.9. The molecule has 2 bridgehead atoms. The quantitative estimate of drug-likeness (QED) is 0.128. The van der Waals surface area contributed by atoms with Crippen molar-refractivity contribution in [1.82, 2.24) is 0 Å². The molecule has 1 aromatic rings. The molecule has 66 heavy (non-hydrogen) atoms. The molecule has 1 saturated carbocycles. The van der Waals surface area contributed by atoms with Crippen molar-refractivity contribution in [3.63, 3.8) is 0 Å². The number of carbonyl (C=O) groups excluding carboxylic acids is 3. The number of aliphatic hydroxyl groups is 3. The van der Waals surface area contributed by atoms with Crippen molar-refractivity contribution >= 4 is 23.9 Å². The highest BCUT2D eigenvalue weighted by atomic mass is 16.7. The molecule has 1 spiro atoms. The van der Waals surface area contributed by atoms with Crippen LogP contribution in [0.15, 0.2) is 65.7 Å². The van der Waals surface area contributed by atoms with Crippen LogP contribution in [0.4, 0.5) is 0 Å². The molecule has 3 fully saturated rings. The van der Waals surface area contributed by atoms with Crippen LogP contribution in [-0.2, 0) is 47.5 Å². The van der Waals surface area contributed by atoms with Gasteiger partial charge in [0.1, 0.15) is 29.6 Å². The second kappa shape index (κ2) is 19.2. The van der Waals surface area contributed by atoms with Gasteiger partial charge in [0.05, 0.1) is 36.9 Å². The molecule has 360 valence electrons. The number of ether oxygens (including phenoxy) is 8. The lowest BCUT2D eigenvalue weighted by Gasteiger charge is -2.51. The number of methoxy groups -OCH3 is 1. The Morgan fingerprint density at radius 2 is 1.65 bits per heavy atom. The first kappa shape index (κ1) is 47.9. The lowest BCUT2D eigenvalue weighted by atomic mass is 9.55. The fraction of sp³-hybridized carbons (Fsp3) is 0.640. The molecule has 8 unspecified atom stereocenters. The van der Waals surface area contributed by atoms with Crippen molar-refractivity contribution in [1.29, 1.82) is 0 Å². The van der Waals surface area contributed by atoms with Gasteiger partial charge < -0.3 is 58.3 Å². The second-order valence-corrected chi connectivity index (χ2v) is 19.4. The van der Waals surface area contributed by atoms with E-state index >= 15 is 0 Å². The Bertz CT molecular complexity index is 2150. The number of aliphatic hydroxyl groups excluding tert-OH is 3. The number of hydrogen-bond donors (Lipinski definition) is 4. The molecule has 0 radical (unpaired) electrons. The van der Waals surface area contributed by atoms with Crippen LogP contribution in [0.2, 0.25) is 0 Å². The number of hydrogen-bond acceptors (Lipinski definition) is 15. The largest absolute Gasteiger partial charge is 0.505 e. The van der Waals surface area contributed by atoms with Crippen molar-refractivity contribution in [2.75, 3.05) is 7.11 Å². The standard InChI is InChI=1S/C50H64O16/c1-25-13-11-18-36(59-6)40(25)46(56)63-37-23-39(60-27(3)41(37)52)64-42-28(4)61-38(22-34(42)51)62-35-17-12-16-33-31(35)20-19-29-14-9-7-8-10-15-30-21-32(45(54)55)26(2)24-50(30)44(53)43(47(57)66-50)65-48(58)49(29,33)5/h10-11,13,15,18-21,26-31,33-35,37-39,41-42,51-53H,7-9,12,14,16-17,22-24H2,1-6H3,(H,54,55)/b15-10+/t26-,27?,28?,29-,30-,31+,33-,34?,35+,37?,38?,39?,41?,42?,49-,50+/m1/s1. The summed E-state index contributed by atoms with van der Waals surface area (Å²) in [5, 5.41) is 44.2. The number of carboxylic acids is 1. The summed E-state index contributed by atoms with van der Waals surface area (Å²) in [6, 6.07) is 5.20. The van der Waals surface area contributed by atoms with Crippen molar-refractivity contribution in [2.45, 2.75) is 160 Å². The van der Waals surface area contributed by atoms with Gasteiger partial charge >= 0.3 is 23.9 Å². The molecule has 4 aliphatic heterocycles. The molecular formula is C50H64O16. The number of esters is 3. The molecule has 16 atom stereocenters. The zero-order chi connectivity index (χ0) is 47.2. The highest BCUT2D eigenvalue weighted by molar-refractivity contribution is 5.95. The minimum absolute atomic E-state index is 0.00168. The van der Waals surface area contributed by atoms with E-state index in [0.717, 1.165) is 19.3 Å². The lowest BCUT2D eigenvalue weighted by Crippen LogP contribution is -2.56. The van der Waals surface area contributed by atoms with E-state index in [1.54, 1.807) is 52.0 Å². The Hall–Kier alpha value is -4.58. The van der Waals surface area contributed by atoms with E-state index in [2.05, 4.69) is 12.2 Å². The first-order valence-corrected chi connectivity index (χ1v) is 23.5. The minimum Gasteiger partial charge on any atom is -0.505 e. The highest BCUT2D eigenvalue weighted by Crippen LogP contribution is 2.55. The van der Waals surface area contributed by atoms with Gasteiger partial charge in [-0.3, -0.25) is 4.79 Å². The van der Waals surface area contributed by atoms with Crippen molar-refractivity contribution in [3.8, 4) is 5.75 Å². The molecule has 0 aromatic heterocycles. The Morgan fingerprint density at radius 1 is 0.894 bits per heavy atom. The molecule has 2 saturated heterocycles. The molecule has 1 aromatic carbocycles. The number of benzene rings is 1. The first-order valence-electron chi connectivity index (χ1n) is 23.5. The zero-order valence-electron chi connectivity index (χ0n) is 38.5. The Balaban J connectivity index is 0.953. The van der Waals surface area contributed by atoms with Crippen LogP contribution in [-0.4, -0.2) is 112 Å². The van der Waals surface area contributed by atoms with Gasteiger partial charge in [0.15, 0.2) is 23.9 Å². The van der Waals surface area contributed by atoms with Gasteiger partial charge in [-0.1, -0.05) is 62.3 Å². The normalized spacial score (nSPS) is 40.9. The molecule has 4 heterocycles. The van der Waals surface area contributed by atoms with Gasteiger partial charge in [-0.2, -0.15) is 0 Å². The van der Waals surface area contributed by atoms with Crippen LogP contribution in [0.5, 0.6) is 5.75 Å². The summed E-state index contributed by atoms with van der Waals surface area (Å²) in [4.78, 5) is 53.8. The number of carboxylic acid groups (broad SMARTS) is 1. The van der Waals surface area contributed by atoms with E-state index in [9.17, 15) is 39.6 Å². The lowest BCUT2D eigenvalue weighted by molar-refractivity contribution is -0.318. The van der Waals surface area contributed by atoms with E-state index in [1.807, 2.05) is 13.0 Å². The summed E-state index contributed by atoms with van der Waals surface area (Å²) in [5.74, 6) is -6.23. The SMILES string of the molecule is COc1cccc(C)c1C(=O)OC1CC(OC2C(O)CC(O[C@H]3CCC[C@@H]4[C@@H]3C=C[C@H]3CCCC/C=C/[C@@H]5C=C(C(=O)O)[C@H](C)C[C@]56OC(=O)C(=C6O)OC(=O)[C@@]43C)OC2C)OC(C)C1O. The van der Waals surface area contributed by atoms with E-state index in [4.69, 9.17) is 37.9 Å². The summed E-state index contributed by atoms with van der Waals surface area (Å²) in [5.41, 5.74) is -1.68. The van der Waals surface area contributed by atoms with Gasteiger partial charge in [-0.05, 0) is 89.2 Å². The summed E-state index contributed by atoms with van der Waals surface area (Å²) in [6.45, 7) is 8.76. The van der Waals surface area contributed by atoms with E-state index in [1.165, 1.54) is 13.2 Å². The average Bonchev–Trinajstić information content (AvgIpc) is 3.49.